The van der Waals surface area contributed by atoms with Crippen molar-refractivity contribution in [1.29, 1.82) is 0 Å². The smallest absolute Gasteiger partial charge is 0.234 e. The summed E-state index contributed by atoms with van der Waals surface area (Å²) in [7, 11) is 0. The molecule has 1 N–H and O–H groups in total. The molecule has 2 aromatic carbocycles. The summed E-state index contributed by atoms with van der Waals surface area (Å²) in [5.41, 5.74) is 4.58. The first-order chi connectivity index (χ1) is 17.5. The van der Waals surface area contributed by atoms with Crippen molar-refractivity contribution >= 4 is 36.5 Å². The molecule has 1 fully saturated rings. The normalized spacial score (nSPS) is 20.2. The molecule has 1 aliphatic heterocycles. The van der Waals surface area contributed by atoms with Gasteiger partial charge in [-0.25, -0.2) is 0 Å². The first kappa shape index (κ1) is 29.8. The summed E-state index contributed by atoms with van der Waals surface area (Å²) in [5.74, 6) is 0.524. The van der Waals surface area contributed by atoms with Gasteiger partial charge in [0.1, 0.15) is 5.78 Å². The van der Waals surface area contributed by atoms with Gasteiger partial charge < -0.3 is 5.32 Å². The third-order valence-electron chi connectivity index (χ3n) is 8.27. The standard InChI is InChI=1S/C31H35N3O2.2ClH/c1-23(35)31(26-10-3-2-4-11-26)15-18-34(19-16-31)22-30(36)33-29-14-13-25-9-5-6-12-27(25)28(29)20-24-8-7-17-32-21-24;;/h2-12,17,21,28-29H,13-16,18-20,22H2,1H3,(H,33,36);2*1H/t28-,29+;;/m0../s1. The fraction of sp³-hybridized carbons (Fsp3) is 0.387. The van der Waals surface area contributed by atoms with Crippen molar-refractivity contribution in [3.63, 3.8) is 0 Å². The number of rotatable bonds is 7. The molecule has 0 saturated carbocycles. The largest absolute Gasteiger partial charge is 0.352 e. The van der Waals surface area contributed by atoms with E-state index in [1.165, 1.54) is 16.7 Å². The minimum Gasteiger partial charge on any atom is -0.352 e. The molecule has 1 saturated heterocycles. The molecule has 2 aliphatic rings. The van der Waals surface area contributed by atoms with Crippen LogP contribution >= 0.6 is 24.8 Å². The van der Waals surface area contributed by atoms with E-state index in [4.69, 9.17) is 0 Å². The number of hydrogen-bond acceptors (Lipinski definition) is 4. The number of amides is 1. The predicted octanol–water partition coefficient (Wildman–Crippen LogP) is 5.31. The molecule has 38 heavy (non-hydrogen) atoms. The first-order valence-corrected chi connectivity index (χ1v) is 13.1. The van der Waals surface area contributed by atoms with Gasteiger partial charge in [-0.05, 0) is 80.4 Å². The molecule has 1 aromatic heterocycles. The van der Waals surface area contributed by atoms with Gasteiger partial charge in [-0.2, -0.15) is 0 Å². The number of nitrogens with zero attached hydrogens (tertiary/aromatic N) is 2. The van der Waals surface area contributed by atoms with Gasteiger partial charge in [0.25, 0.3) is 0 Å². The highest BCUT2D eigenvalue weighted by Gasteiger charge is 2.40. The molecule has 1 amide bonds. The van der Waals surface area contributed by atoms with Gasteiger partial charge in [0.15, 0.2) is 0 Å². The summed E-state index contributed by atoms with van der Waals surface area (Å²) in [5, 5.41) is 3.38. The van der Waals surface area contributed by atoms with Crippen molar-refractivity contribution in [3.8, 4) is 0 Å². The lowest BCUT2D eigenvalue weighted by molar-refractivity contribution is -0.125. The van der Waals surface area contributed by atoms with Crippen molar-refractivity contribution in [2.45, 2.75) is 56.4 Å². The Balaban J connectivity index is 0.00000200. The Labute approximate surface area is 238 Å². The molecule has 7 heteroatoms. The summed E-state index contributed by atoms with van der Waals surface area (Å²) in [6.45, 7) is 3.57. The number of nitrogens with one attached hydrogen (secondary N) is 1. The Morgan fingerprint density at radius 3 is 2.37 bits per heavy atom. The van der Waals surface area contributed by atoms with Gasteiger partial charge in [0.2, 0.25) is 5.91 Å². The number of ketones is 1. The number of fused-ring (bicyclic) bond motifs is 1. The number of pyridine rings is 1. The number of carbonyl (C=O) groups is 2. The van der Waals surface area contributed by atoms with E-state index >= 15 is 0 Å². The fourth-order valence-corrected chi connectivity index (χ4v) is 6.20. The number of aryl methyl sites for hydroxylation is 1. The molecule has 202 valence electrons. The summed E-state index contributed by atoms with van der Waals surface area (Å²) in [6.07, 6.45) is 8.01. The van der Waals surface area contributed by atoms with E-state index in [0.29, 0.717) is 6.54 Å². The third-order valence-corrected chi connectivity index (χ3v) is 8.27. The van der Waals surface area contributed by atoms with Crippen LogP contribution in [-0.2, 0) is 27.8 Å². The zero-order valence-electron chi connectivity index (χ0n) is 21.8. The van der Waals surface area contributed by atoms with Crippen molar-refractivity contribution in [2.75, 3.05) is 19.6 Å². The fourth-order valence-electron chi connectivity index (χ4n) is 6.20. The SMILES string of the molecule is CC(=O)C1(c2ccccc2)CCN(CC(=O)N[C@@H]2CCc3ccccc3[C@@H]2Cc2cccnc2)CC1.Cl.Cl. The molecule has 1 aliphatic carbocycles. The quantitative estimate of drug-likeness (QED) is 0.431. The van der Waals surface area contributed by atoms with Gasteiger partial charge in [-0.15, -0.1) is 24.8 Å². The minimum absolute atomic E-state index is 0. The zero-order valence-corrected chi connectivity index (χ0v) is 23.5. The summed E-state index contributed by atoms with van der Waals surface area (Å²) in [6, 6.07) is 22.9. The summed E-state index contributed by atoms with van der Waals surface area (Å²) < 4.78 is 0. The number of carbonyl (C=O) groups excluding carboxylic acids is 2. The molecular formula is C31H37Cl2N3O2. The van der Waals surface area contributed by atoms with Gasteiger partial charge >= 0.3 is 0 Å². The van der Waals surface area contributed by atoms with E-state index in [1.807, 2.05) is 30.5 Å². The summed E-state index contributed by atoms with van der Waals surface area (Å²) in [4.78, 5) is 32.4. The average molecular weight is 555 g/mol. The number of Topliss-reactive ketones (excluding diaryl/α,β-unsaturated/α-hetero) is 1. The second-order valence-electron chi connectivity index (χ2n) is 10.4. The lowest BCUT2D eigenvalue weighted by atomic mass is 9.70. The number of piperidine rings is 1. The Kier molecular flexibility index (Phi) is 10.5. The van der Waals surface area contributed by atoms with Crippen LogP contribution < -0.4 is 5.32 Å². The molecule has 0 spiro atoms. The minimum atomic E-state index is -0.434. The van der Waals surface area contributed by atoms with Crippen LogP contribution in [0.5, 0.6) is 0 Å². The third kappa shape index (κ3) is 6.45. The van der Waals surface area contributed by atoms with Crippen molar-refractivity contribution < 1.29 is 9.59 Å². The average Bonchev–Trinajstić information content (AvgIpc) is 2.91. The Bertz CT molecular complexity index is 1200. The molecule has 0 bridgehead atoms. The van der Waals surface area contributed by atoms with Crippen LogP contribution in [0.1, 0.15) is 54.4 Å². The number of aromatic nitrogens is 1. The topological polar surface area (TPSA) is 62.3 Å². The second-order valence-corrected chi connectivity index (χ2v) is 10.4. The van der Waals surface area contributed by atoms with Crippen LogP contribution in [0.15, 0.2) is 79.1 Å². The maximum absolute atomic E-state index is 13.2. The maximum Gasteiger partial charge on any atom is 0.234 e. The molecular weight excluding hydrogens is 517 g/mol. The molecule has 2 heterocycles. The van der Waals surface area contributed by atoms with Crippen LogP contribution in [0, 0.1) is 0 Å². The molecule has 2 atom stereocenters. The first-order valence-electron chi connectivity index (χ1n) is 13.1. The van der Waals surface area contributed by atoms with Crippen LogP contribution in [-0.4, -0.2) is 47.3 Å². The van der Waals surface area contributed by atoms with Crippen LogP contribution in [0.4, 0.5) is 0 Å². The molecule has 0 unspecified atom stereocenters. The number of likely N-dealkylation sites (tertiary alicyclic amines) is 1. The van der Waals surface area contributed by atoms with Crippen LogP contribution in [0.3, 0.4) is 0 Å². The Hall–Kier alpha value is -2.73. The van der Waals surface area contributed by atoms with Crippen LogP contribution in [0.25, 0.3) is 0 Å². The van der Waals surface area contributed by atoms with E-state index in [-0.39, 0.29) is 48.5 Å². The predicted molar refractivity (Wildman–Crippen MR) is 156 cm³/mol. The van der Waals surface area contributed by atoms with E-state index in [2.05, 4.69) is 57.7 Å². The van der Waals surface area contributed by atoms with Gasteiger partial charge in [-0.1, -0.05) is 60.7 Å². The zero-order chi connectivity index (χ0) is 25.0. The maximum atomic E-state index is 13.2. The van der Waals surface area contributed by atoms with Crippen molar-refractivity contribution in [2.24, 2.45) is 0 Å². The van der Waals surface area contributed by atoms with Gasteiger partial charge in [-0.3, -0.25) is 19.5 Å². The molecule has 0 radical (unpaired) electrons. The Morgan fingerprint density at radius 2 is 1.68 bits per heavy atom. The lowest BCUT2D eigenvalue weighted by Gasteiger charge is -2.41. The number of halogens is 2. The highest BCUT2D eigenvalue weighted by atomic mass is 35.5. The van der Waals surface area contributed by atoms with E-state index < -0.39 is 5.41 Å². The monoisotopic (exact) mass is 553 g/mol. The van der Waals surface area contributed by atoms with Gasteiger partial charge in [0.05, 0.1) is 12.0 Å². The van der Waals surface area contributed by atoms with Crippen molar-refractivity contribution in [1.82, 2.24) is 15.2 Å². The highest BCUT2D eigenvalue weighted by molar-refractivity contribution is 5.88. The molecule has 5 rings (SSSR count). The number of hydrogen-bond donors (Lipinski definition) is 1. The number of benzene rings is 2. The summed E-state index contributed by atoms with van der Waals surface area (Å²) >= 11 is 0. The van der Waals surface area contributed by atoms with Gasteiger partial charge in [0, 0.05) is 24.4 Å². The Morgan fingerprint density at radius 1 is 0.974 bits per heavy atom. The lowest BCUT2D eigenvalue weighted by Crippen LogP contribution is -2.51. The van der Waals surface area contributed by atoms with E-state index in [0.717, 1.165) is 50.8 Å². The van der Waals surface area contributed by atoms with Crippen molar-refractivity contribution in [3.05, 3.63) is 101 Å². The van der Waals surface area contributed by atoms with E-state index in [9.17, 15) is 9.59 Å². The van der Waals surface area contributed by atoms with Crippen LogP contribution in [0.2, 0.25) is 0 Å². The second kappa shape index (κ2) is 13.4. The molecule has 3 aromatic rings. The molecule has 5 nitrogen and oxygen atoms in total. The van der Waals surface area contributed by atoms with E-state index in [1.54, 1.807) is 13.1 Å². The highest BCUT2D eigenvalue weighted by Crippen LogP contribution is 2.37.